The highest BCUT2D eigenvalue weighted by atomic mass is 32.3. The topological polar surface area (TPSA) is 185 Å². The molecule has 0 heterocycles. The maximum Gasteiger partial charge on any atom is 0.294 e. The van der Waals surface area contributed by atoms with Crippen LogP contribution < -0.4 is 4.74 Å². The summed E-state index contributed by atoms with van der Waals surface area (Å²) in [7, 11) is -9.10. The lowest BCUT2D eigenvalue weighted by atomic mass is 9.94. The van der Waals surface area contributed by atoms with Crippen molar-refractivity contribution in [3.05, 3.63) is 47.2 Å². The number of phenols is 1. The molecule has 2 rings (SSSR count). The first-order chi connectivity index (χ1) is 12.8. The van der Waals surface area contributed by atoms with Crippen molar-refractivity contribution in [2.45, 2.75) is 10.2 Å². The second kappa shape index (κ2) is 7.18. The minimum atomic E-state index is -5.63. The van der Waals surface area contributed by atoms with Crippen LogP contribution in [-0.4, -0.2) is 66.3 Å². The van der Waals surface area contributed by atoms with Crippen LogP contribution in [0.5, 0.6) is 11.5 Å². The Balaban J connectivity index is 2.78. The first-order valence-electron chi connectivity index (χ1n) is 7.32. The molecule has 0 fully saturated rings. The highest BCUT2D eigenvalue weighted by Crippen LogP contribution is 2.39. The van der Waals surface area contributed by atoms with Gasteiger partial charge in [-0.05, 0) is 24.3 Å². The van der Waals surface area contributed by atoms with Gasteiger partial charge in [0, 0.05) is 13.2 Å². The standard InChI is InChI=1S/C15H16O11S2/c1-25-8-3-4-9(11(16)5-8)14(18)10-7-15(27(19,20)21,28(22,23)24)13(26-2)6-12(10)17/h3-7,13,16-17H,1-2H3,(H,19,20,21)(H,22,23,24). The average Bonchev–Trinajstić information content (AvgIpc) is 2.58. The van der Waals surface area contributed by atoms with Crippen molar-refractivity contribution in [1.29, 1.82) is 0 Å². The zero-order valence-electron chi connectivity index (χ0n) is 14.4. The first-order valence-corrected chi connectivity index (χ1v) is 10.2. The number of aliphatic hydroxyl groups excluding tert-OH is 1. The van der Waals surface area contributed by atoms with Gasteiger partial charge in [0.25, 0.3) is 24.3 Å². The van der Waals surface area contributed by atoms with Gasteiger partial charge in [-0.1, -0.05) is 0 Å². The smallest absolute Gasteiger partial charge is 0.294 e. The Morgan fingerprint density at radius 1 is 1.07 bits per heavy atom. The molecule has 0 spiro atoms. The van der Waals surface area contributed by atoms with Crippen molar-refractivity contribution in [3.8, 4) is 11.5 Å². The molecule has 0 amide bonds. The summed E-state index contributed by atoms with van der Waals surface area (Å²) in [6.07, 6.45) is -1.40. The Morgan fingerprint density at radius 3 is 2.07 bits per heavy atom. The molecular weight excluding hydrogens is 420 g/mol. The summed E-state index contributed by atoms with van der Waals surface area (Å²) in [5.74, 6) is -2.53. The van der Waals surface area contributed by atoms with Crippen LogP contribution >= 0.6 is 0 Å². The van der Waals surface area contributed by atoms with Crippen molar-refractivity contribution in [2.24, 2.45) is 0 Å². The van der Waals surface area contributed by atoms with Gasteiger partial charge in [-0.25, -0.2) is 0 Å². The van der Waals surface area contributed by atoms with E-state index in [-0.39, 0.29) is 11.8 Å². The number of hydrogen-bond donors (Lipinski definition) is 4. The second-order valence-corrected chi connectivity index (χ2v) is 9.16. The summed E-state index contributed by atoms with van der Waals surface area (Å²) >= 11 is 0. The Labute approximate surface area is 160 Å². The summed E-state index contributed by atoms with van der Waals surface area (Å²) in [6.45, 7) is 0. The van der Waals surface area contributed by atoms with E-state index in [2.05, 4.69) is 4.74 Å². The number of carbonyl (C=O) groups is 1. The van der Waals surface area contributed by atoms with E-state index >= 15 is 0 Å². The van der Waals surface area contributed by atoms with E-state index in [1.807, 2.05) is 0 Å². The summed E-state index contributed by atoms with van der Waals surface area (Å²) in [5, 5.41) is 20.1. The van der Waals surface area contributed by atoms with E-state index < -0.39 is 58.8 Å². The molecule has 0 saturated heterocycles. The monoisotopic (exact) mass is 436 g/mol. The molecule has 1 atom stereocenters. The molecule has 1 aromatic rings. The van der Waals surface area contributed by atoms with Crippen LogP contribution in [0, 0.1) is 0 Å². The Hall–Kier alpha value is -2.45. The predicted molar refractivity (Wildman–Crippen MR) is 94.4 cm³/mol. The van der Waals surface area contributed by atoms with Gasteiger partial charge in [-0.2, -0.15) is 16.8 Å². The zero-order chi connectivity index (χ0) is 21.5. The lowest BCUT2D eigenvalue weighted by Crippen LogP contribution is -2.55. The number of aromatic hydroxyl groups is 1. The molecule has 1 aliphatic rings. The molecule has 11 nitrogen and oxygen atoms in total. The molecule has 0 bridgehead atoms. The maximum atomic E-state index is 12.7. The molecule has 28 heavy (non-hydrogen) atoms. The second-order valence-electron chi connectivity index (χ2n) is 5.65. The number of rotatable bonds is 6. The molecule has 0 aliphatic heterocycles. The van der Waals surface area contributed by atoms with Gasteiger partial charge in [0.05, 0.1) is 18.2 Å². The zero-order valence-corrected chi connectivity index (χ0v) is 16.1. The summed E-state index contributed by atoms with van der Waals surface area (Å²) in [4.78, 5) is 12.7. The van der Waals surface area contributed by atoms with Gasteiger partial charge < -0.3 is 19.7 Å². The number of hydrogen-bond acceptors (Lipinski definition) is 9. The number of ether oxygens (including phenoxy) is 2. The van der Waals surface area contributed by atoms with Gasteiger partial charge in [0.15, 0.2) is 5.78 Å². The van der Waals surface area contributed by atoms with Gasteiger partial charge >= 0.3 is 0 Å². The molecule has 0 radical (unpaired) electrons. The van der Waals surface area contributed by atoms with Crippen LogP contribution in [0.3, 0.4) is 0 Å². The molecule has 1 unspecified atom stereocenters. The van der Waals surface area contributed by atoms with Gasteiger partial charge in [-0.15, -0.1) is 0 Å². The van der Waals surface area contributed by atoms with Crippen LogP contribution in [0.15, 0.2) is 41.7 Å². The normalized spacial score (nSPS) is 19.5. The Morgan fingerprint density at radius 2 is 1.64 bits per heavy atom. The minimum absolute atomic E-state index is 0.160. The third kappa shape index (κ3) is 3.38. The number of methoxy groups -OCH3 is 2. The van der Waals surface area contributed by atoms with E-state index in [1.54, 1.807) is 0 Å². The molecule has 1 aliphatic carbocycles. The third-order valence-corrected chi connectivity index (χ3v) is 7.66. The van der Waals surface area contributed by atoms with Crippen molar-refractivity contribution in [1.82, 2.24) is 0 Å². The molecular formula is C15H16O11S2. The van der Waals surface area contributed by atoms with Gasteiger partial charge in [-0.3, -0.25) is 13.9 Å². The largest absolute Gasteiger partial charge is 0.507 e. The average molecular weight is 436 g/mol. The number of ketones is 1. The van der Waals surface area contributed by atoms with Crippen molar-refractivity contribution in [3.63, 3.8) is 0 Å². The molecule has 0 aromatic heterocycles. The fraction of sp³-hybridized carbons (Fsp3) is 0.267. The predicted octanol–water partition coefficient (Wildman–Crippen LogP) is 0.452. The SMILES string of the molecule is COc1ccc(C(=O)C2=CC(S(=O)(=O)O)(S(=O)(=O)O)C(OC)C=C2O)c(O)c1. The minimum Gasteiger partial charge on any atom is -0.507 e. The van der Waals surface area contributed by atoms with E-state index in [0.29, 0.717) is 6.08 Å². The van der Waals surface area contributed by atoms with E-state index in [1.165, 1.54) is 13.2 Å². The van der Waals surface area contributed by atoms with Gasteiger partial charge in [0.2, 0.25) is 0 Å². The number of Topliss-reactive ketones (excluding diaryl/α,β-unsaturated/α-hetero) is 1. The highest BCUT2D eigenvalue weighted by molar-refractivity contribution is 8.05. The van der Waals surface area contributed by atoms with Crippen LogP contribution in [0.4, 0.5) is 0 Å². The van der Waals surface area contributed by atoms with Gasteiger partial charge in [0.1, 0.15) is 23.4 Å². The number of phenolic OH excluding ortho intramolecular Hbond substituents is 1. The van der Waals surface area contributed by atoms with Crippen LogP contribution in [-0.2, 0) is 25.0 Å². The fourth-order valence-corrected chi connectivity index (χ4v) is 5.19. The van der Waals surface area contributed by atoms with E-state index in [9.17, 15) is 40.9 Å². The number of aliphatic hydroxyl groups is 1. The summed E-state index contributed by atoms with van der Waals surface area (Å²) < 4.78 is 72.6. The summed E-state index contributed by atoms with van der Waals surface area (Å²) in [6, 6.07) is 3.40. The van der Waals surface area contributed by atoms with Crippen molar-refractivity contribution in [2.75, 3.05) is 14.2 Å². The lowest BCUT2D eigenvalue weighted by Gasteiger charge is -2.33. The van der Waals surface area contributed by atoms with Crippen molar-refractivity contribution < 1.29 is 50.4 Å². The first kappa shape index (κ1) is 21.8. The third-order valence-electron chi connectivity index (χ3n) is 4.08. The maximum absolute atomic E-state index is 12.7. The number of carbonyl (C=O) groups excluding carboxylic acids is 1. The Kier molecular flexibility index (Phi) is 5.60. The quantitative estimate of drug-likeness (QED) is 0.358. The summed E-state index contributed by atoms with van der Waals surface area (Å²) in [5.41, 5.74) is -1.36. The van der Waals surface area contributed by atoms with Crippen LogP contribution in [0.1, 0.15) is 10.4 Å². The lowest BCUT2D eigenvalue weighted by molar-refractivity contribution is 0.101. The number of benzene rings is 1. The number of allylic oxidation sites excluding steroid dienone is 1. The Bertz CT molecular complexity index is 1050. The van der Waals surface area contributed by atoms with Crippen molar-refractivity contribution >= 4 is 26.0 Å². The van der Waals surface area contributed by atoms with E-state index in [0.717, 1.165) is 19.2 Å². The van der Waals surface area contributed by atoms with Crippen LogP contribution in [0.2, 0.25) is 0 Å². The van der Waals surface area contributed by atoms with E-state index in [4.69, 9.17) is 4.74 Å². The fourth-order valence-electron chi connectivity index (χ4n) is 2.67. The van der Waals surface area contributed by atoms with Crippen LogP contribution in [0.25, 0.3) is 0 Å². The molecule has 154 valence electrons. The molecule has 13 heteroatoms. The highest BCUT2D eigenvalue weighted by Gasteiger charge is 2.61. The molecule has 0 saturated carbocycles. The molecule has 1 aromatic carbocycles. The molecule has 4 N–H and O–H groups in total.